The van der Waals surface area contributed by atoms with Crippen molar-refractivity contribution in [1.29, 1.82) is 0 Å². The van der Waals surface area contributed by atoms with E-state index in [0.717, 1.165) is 33.1 Å². The molecule has 0 spiro atoms. The van der Waals surface area contributed by atoms with Gasteiger partial charge in [0, 0.05) is 40.8 Å². The Bertz CT molecular complexity index is 698. The van der Waals surface area contributed by atoms with Crippen LogP contribution in [0.3, 0.4) is 0 Å². The zero-order chi connectivity index (χ0) is 16.7. The van der Waals surface area contributed by atoms with Crippen LogP contribution in [0.15, 0.2) is 53.6 Å². The van der Waals surface area contributed by atoms with E-state index >= 15 is 0 Å². The quantitative estimate of drug-likeness (QED) is 0.460. The van der Waals surface area contributed by atoms with Crippen molar-refractivity contribution in [3.05, 3.63) is 54.2 Å². The number of hydrogen-bond donors (Lipinski definition) is 4. The molecule has 0 saturated carbocycles. The van der Waals surface area contributed by atoms with Gasteiger partial charge in [0.1, 0.15) is 0 Å². The highest BCUT2D eigenvalue weighted by Crippen LogP contribution is 2.27. The standard InChI is InChI=1S/C17H20N4OS/c1-12(10-20-13-3-6-15(23-18)7-4-13)16-9-14(19-2)5-8-17(16)21-11-22/h3-11,19-20H,18H2,1-2H3,(H,21,22)/b12-10+. The Hall–Kier alpha value is -2.44. The Morgan fingerprint density at radius 2 is 1.78 bits per heavy atom. The first-order valence-corrected chi connectivity index (χ1v) is 7.98. The number of nitrogens with two attached hydrogens (primary N) is 1. The first kappa shape index (κ1) is 16.9. The second-order valence-corrected chi connectivity index (χ2v) is 5.59. The van der Waals surface area contributed by atoms with Crippen LogP contribution in [-0.4, -0.2) is 13.5 Å². The van der Waals surface area contributed by atoms with Crippen LogP contribution in [0.25, 0.3) is 5.57 Å². The number of hydrogen-bond acceptors (Lipinski definition) is 5. The predicted octanol–water partition coefficient (Wildman–Crippen LogP) is 3.74. The average molecular weight is 328 g/mol. The molecule has 23 heavy (non-hydrogen) atoms. The van der Waals surface area contributed by atoms with Gasteiger partial charge in [0.05, 0.1) is 0 Å². The minimum Gasteiger partial charge on any atom is -0.388 e. The van der Waals surface area contributed by atoms with E-state index in [2.05, 4.69) is 16.0 Å². The summed E-state index contributed by atoms with van der Waals surface area (Å²) in [4.78, 5) is 11.8. The summed E-state index contributed by atoms with van der Waals surface area (Å²) < 4.78 is 0. The molecule has 0 fully saturated rings. The summed E-state index contributed by atoms with van der Waals surface area (Å²) in [6.45, 7) is 1.99. The lowest BCUT2D eigenvalue weighted by Gasteiger charge is -2.12. The van der Waals surface area contributed by atoms with E-state index in [0.29, 0.717) is 6.41 Å². The molecule has 6 heteroatoms. The Morgan fingerprint density at radius 3 is 2.39 bits per heavy atom. The summed E-state index contributed by atoms with van der Waals surface area (Å²) in [5.74, 6) is 0. The van der Waals surface area contributed by atoms with Gasteiger partial charge >= 0.3 is 0 Å². The van der Waals surface area contributed by atoms with Gasteiger partial charge in [0.15, 0.2) is 0 Å². The lowest BCUT2D eigenvalue weighted by molar-refractivity contribution is -0.105. The van der Waals surface area contributed by atoms with E-state index < -0.39 is 0 Å². The molecule has 5 N–H and O–H groups in total. The van der Waals surface area contributed by atoms with E-state index in [1.54, 1.807) is 0 Å². The summed E-state index contributed by atoms with van der Waals surface area (Å²) in [7, 11) is 1.86. The van der Waals surface area contributed by atoms with Crippen molar-refractivity contribution in [3.63, 3.8) is 0 Å². The van der Waals surface area contributed by atoms with Crippen LogP contribution in [0, 0.1) is 0 Å². The number of rotatable bonds is 7. The zero-order valence-electron chi connectivity index (χ0n) is 13.1. The van der Waals surface area contributed by atoms with Gasteiger partial charge in [-0.1, -0.05) is 0 Å². The Balaban J connectivity index is 2.23. The van der Waals surface area contributed by atoms with Crippen LogP contribution in [0.5, 0.6) is 0 Å². The van der Waals surface area contributed by atoms with E-state index in [1.165, 1.54) is 11.9 Å². The molecule has 0 unspecified atom stereocenters. The third kappa shape index (κ3) is 4.51. The van der Waals surface area contributed by atoms with Gasteiger partial charge in [0.25, 0.3) is 0 Å². The predicted molar refractivity (Wildman–Crippen MR) is 99.4 cm³/mol. The molecule has 0 atom stereocenters. The van der Waals surface area contributed by atoms with E-state index in [1.807, 2.05) is 62.6 Å². The van der Waals surface area contributed by atoms with Crippen LogP contribution in [0.1, 0.15) is 12.5 Å². The van der Waals surface area contributed by atoms with Crippen molar-refractivity contribution < 1.29 is 4.79 Å². The molecular formula is C17H20N4OS. The fourth-order valence-corrected chi connectivity index (χ4v) is 2.41. The zero-order valence-corrected chi connectivity index (χ0v) is 13.9. The molecule has 0 aliphatic rings. The normalized spacial score (nSPS) is 11.0. The molecule has 120 valence electrons. The molecule has 0 aromatic heterocycles. The molecule has 0 aliphatic carbocycles. The molecule has 0 saturated heterocycles. The van der Waals surface area contributed by atoms with Crippen LogP contribution in [-0.2, 0) is 4.79 Å². The lowest BCUT2D eigenvalue weighted by atomic mass is 10.0. The number of nitrogens with one attached hydrogen (secondary N) is 3. The Kier molecular flexibility index (Phi) is 6.08. The minimum absolute atomic E-state index is 0.682. The fourth-order valence-electron chi connectivity index (χ4n) is 2.11. The summed E-state index contributed by atoms with van der Waals surface area (Å²) in [6.07, 6.45) is 2.59. The smallest absolute Gasteiger partial charge is 0.211 e. The molecule has 2 rings (SSSR count). The third-order valence-electron chi connectivity index (χ3n) is 3.39. The highest BCUT2D eigenvalue weighted by atomic mass is 32.2. The molecule has 0 bridgehead atoms. The molecule has 0 heterocycles. The number of amides is 1. The molecule has 2 aromatic rings. The van der Waals surface area contributed by atoms with Gasteiger partial charge in [-0.15, -0.1) is 0 Å². The fraction of sp³-hybridized carbons (Fsp3) is 0.118. The number of carbonyl (C=O) groups is 1. The topological polar surface area (TPSA) is 79.2 Å². The number of allylic oxidation sites excluding steroid dienone is 1. The lowest BCUT2D eigenvalue weighted by Crippen LogP contribution is -2.00. The highest BCUT2D eigenvalue weighted by Gasteiger charge is 2.05. The summed E-state index contributed by atoms with van der Waals surface area (Å²) in [5.41, 5.74) is 4.67. The van der Waals surface area contributed by atoms with E-state index in [9.17, 15) is 4.79 Å². The van der Waals surface area contributed by atoms with Gasteiger partial charge in [-0.3, -0.25) is 9.93 Å². The van der Waals surface area contributed by atoms with Gasteiger partial charge < -0.3 is 16.0 Å². The van der Waals surface area contributed by atoms with Gasteiger partial charge in [-0.2, -0.15) is 0 Å². The van der Waals surface area contributed by atoms with Crippen LogP contribution < -0.4 is 21.1 Å². The highest BCUT2D eigenvalue weighted by molar-refractivity contribution is 7.97. The maximum atomic E-state index is 10.8. The van der Waals surface area contributed by atoms with Crippen molar-refractivity contribution in [2.45, 2.75) is 11.8 Å². The van der Waals surface area contributed by atoms with E-state index in [4.69, 9.17) is 5.14 Å². The minimum atomic E-state index is 0.682. The van der Waals surface area contributed by atoms with Crippen molar-refractivity contribution in [3.8, 4) is 0 Å². The number of anilines is 3. The first-order chi connectivity index (χ1) is 11.2. The maximum absolute atomic E-state index is 10.8. The first-order valence-electron chi connectivity index (χ1n) is 7.10. The van der Waals surface area contributed by atoms with Crippen molar-refractivity contribution in [2.24, 2.45) is 5.14 Å². The molecule has 5 nitrogen and oxygen atoms in total. The molecule has 0 radical (unpaired) electrons. The maximum Gasteiger partial charge on any atom is 0.211 e. The second-order valence-electron chi connectivity index (χ2n) is 4.89. The van der Waals surface area contributed by atoms with Gasteiger partial charge in [0.2, 0.25) is 6.41 Å². The Morgan fingerprint density at radius 1 is 1.09 bits per heavy atom. The molecular weight excluding hydrogens is 308 g/mol. The Labute approximate surface area is 140 Å². The summed E-state index contributed by atoms with van der Waals surface area (Å²) >= 11 is 1.22. The van der Waals surface area contributed by atoms with Crippen molar-refractivity contribution >= 4 is 41.0 Å². The SMILES string of the molecule is CNc1ccc(NC=O)c(/C(C)=C/Nc2ccc(SN)cc2)c1. The molecule has 0 aliphatic heterocycles. The number of benzene rings is 2. The molecule has 2 aromatic carbocycles. The van der Waals surface area contributed by atoms with E-state index in [-0.39, 0.29) is 0 Å². The monoisotopic (exact) mass is 328 g/mol. The van der Waals surface area contributed by atoms with Gasteiger partial charge in [-0.25, -0.2) is 0 Å². The van der Waals surface area contributed by atoms with Gasteiger partial charge in [-0.05, 0) is 66.9 Å². The van der Waals surface area contributed by atoms with Crippen molar-refractivity contribution in [1.82, 2.24) is 0 Å². The second kappa shape index (κ2) is 8.26. The van der Waals surface area contributed by atoms with Crippen molar-refractivity contribution in [2.75, 3.05) is 23.0 Å². The van der Waals surface area contributed by atoms with Crippen LogP contribution in [0.2, 0.25) is 0 Å². The van der Waals surface area contributed by atoms with Crippen LogP contribution in [0.4, 0.5) is 17.1 Å². The van der Waals surface area contributed by atoms with Crippen LogP contribution >= 0.6 is 11.9 Å². The average Bonchev–Trinajstić information content (AvgIpc) is 2.60. The summed E-state index contributed by atoms with van der Waals surface area (Å²) in [5, 5.41) is 14.6. The third-order valence-corrected chi connectivity index (χ3v) is 3.94. The summed E-state index contributed by atoms with van der Waals surface area (Å²) in [6, 6.07) is 13.6. The molecule has 1 amide bonds. The number of carbonyl (C=O) groups excluding carboxylic acids is 1. The largest absolute Gasteiger partial charge is 0.388 e.